The Morgan fingerprint density at radius 1 is 1.38 bits per heavy atom. The van der Waals surface area contributed by atoms with Gasteiger partial charge in [-0.25, -0.2) is 0 Å². The van der Waals surface area contributed by atoms with Crippen LogP contribution in [0.5, 0.6) is 0 Å². The van der Waals surface area contributed by atoms with Crippen LogP contribution in [0.25, 0.3) is 0 Å². The summed E-state index contributed by atoms with van der Waals surface area (Å²) in [5.41, 5.74) is 6.33. The fourth-order valence-corrected chi connectivity index (χ4v) is 3.62. The lowest BCUT2D eigenvalue weighted by Crippen LogP contribution is -2.56. The van der Waals surface area contributed by atoms with Gasteiger partial charge >= 0.3 is 0 Å². The maximum atomic E-state index is 6.09. The molecule has 0 bridgehead atoms. The standard InChI is InChI=1S/C13H27N3/c1-11-8-13(9-14,10-15(11)2)16(3)12-6-4-5-7-12/h11-12H,4-10,14H2,1-3H3. The molecule has 0 aromatic rings. The number of likely N-dealkylation sites (tertiary alicyclic amines) is 1. The Kier molecular flexibility index (Phi) is 3.57. The van der Waals surface area contributed by atoms with E-state index in [1.807, 2.05) is 0 Å². The van der Waals surface area contributed by atoms with Gasteiger partial charge in [0.05, 0.1) is 0 Å². The van der Waals surface area contributed by atoms with Crippen LogP contribution in [0, 0.1) is 0 Å². The van der Waals surface area contributed by atoms with Gasteiger partial charge in [0.25, 0.3) is 0 Å². The number of hydrogen-bond acceptors (Lipinski definition) is 3. The Labute approximate surface area is 100.0 Å². The zero-order valence-electron chi connectivity index (χ0n) is 11.1. The highest BCUT2D eigenvalue weighted by Gasteiger charge is 2.45. The fraction of sp³-hybridized carbons (Fsp3) is 1.00. The van der Waals surface area contributed by atoms with Gasteiger partial charge in [-0.15, -0.1) is 0 Å². The molecular formula is C13H27N3. The molecule has 2 unspecified atom stereocenters. The SMILES string of the molecule is CC1CC(CN)(N(C)C2CCCC2)CN1C. The first-order valence-electron chi connectivity index (χ1n) is 6.72. The largest absolute Gasteiger partial charge is 0.329 e. The molecule has 2 aliphatic rings. The summed E-state index contributed by atoms with van der Waals surface area (Å²) in [5.74, 6) is 0. The zero-order chi connectivity index (χ0) is 11.8. The van der Waals surface area contributed by atoms with Crippen molar-refractivity contribution in [1.82, 2.24) is 9.80 Å². The molecule has 1 saturated carbocycles. The summed E-state index contributed by atoms with van der Waals surface area (Å²) in [6.45, 7) is 4.26. The van der Waals surface area contributed by atoms with Gasteiger partial charge in [0.15, 0.2) is 0 Å². The molecule has 2 rings (SSSR count). The van der Waals surface area contributed by atoms with E-state index in [9.17, 15) is 0 Å². The maximum Gasteiger partial charge on any atom is 0.0473 e. The summed E-state index contributed by atoms with van der Waals surface area (Å²) in [7, 11) is 4.53. The summed E-state index contributed by atoms with van der Waals surface area (Å²) in [6, 6.07) is 1.45. The third kappa shape index (κ3) is 2.01. The van der Waals surface area contributed by atoms with E-state index < -0.39 is 0 Å². The van der Waals surface area contributed by atoms with Crippen LogP contribution in [0.3, 0.4) is 0 Å². The summed E-state index contributed by atoms with van der Waals surface area (Å²) in [5, 5.41) is 0. The van der Waals surface area contributed by atoms with Gasteiger partial charge in [-0.05, 0) is 40.3 Å². The highest BCUT2D eigenvalue weighted by molar-refractivity contribution is 5.03. The molecule has 0 spiro atoms. The van der Waals surface area contributed by atoms with E-state index in [4.69, 9.17) is 5.73 Å². The molecule has 0 amide bonds. The predicted octanol–water partition coefficient (Wildman–Crippen LogP) is 1.28. The van der Waals surface area contributed by atoms with E-state index in [2.05, 4.69) is 30.8 Å². The number of hydrogen-bond donors (Lipinski definition) is 1. The predicted molar refractivity (Wildman–Crippen MR) is 68.5 cm³/mol. The van der Waals surface area contributed by atoms with Gasteiger partial charge in [0.1, 0.15) is 0 Å². The van der Waals surface area contributed by atoms with E-state index in [-0.39, 0.29) is 5.54 Å². The first kappa shape index (κ1) is 12.3. The zero-order valence-corrected chi connectivity index (χ0v) is 11.1. The lowest BCUT2D eigenvalue weighted by Gasteiger charge is -2.41. The third-order valence-corrected chi connectivity index (χ3v) is 4.97. The third-order valence-electron chi connectivity index (χ3n) is 4.97. The lowest BCUT2D eigenvalue weighted by molar-refractivity contribution is 0.0867. The van der Waals surface area contributed by atoms with Crippen molar-refractivity contribution < 1.29 is 0 Å². The van der Waals surface area contributed by atoms with Crippen LogP contribution in [-0.4, -0.2) is 54.6 Å². The quantitative estimate of drug-likeness (QED) is 0.785. The molecule has 1 saturated heterocycles. The van der Waals surface area contributed by atoms with E-state index in [1.54, 1.807) is 0 Å². The molecule has 2 fully saturated rings. The second-order valence-electron chi connectivity index (χ2n) is 5.95. The van der Waals surface area contributed by atoms with Crippen molar-refractivity contribution in [2.75, 3.05) is 27.2 Å². The number of nitrogens with two attached hydrogens (primary N) is 1. The molecule has 1 aliphatic carbocycles. The number of likely N-dealkylation sites (N-methyl/N-ethyl adjacent to an activating group) is 2. The molecular weight excluding hydrogens is 198 g/mol. The van der Waals surface area contributed by atoms with Crippen molar-refractivity contribution in [2.45, 2.75) is 56.7 Å². The summed E-state index contributed by atoms with van der Waals surface area (Å²) >= 11 is 0. The Hall–Kier alpha value is -0.120. The minimum atomic E-state index is 0.239. The second kappa shape index (κ2) is 4.63. The van der Waals surface area contributed by atoms with Crippen LogP contribution in [0.15, 0.2) is 0 Å². The maximum absolute atomic E-state index is 6.09. The monoisotopic (exact) mass is 225 g/mol. The average molecular weight is 225 g/mol. The van der Waals surface area contributed by atoms with E-state index in [0.29, 0.717) is 6.04 Å². The molecule has 0 aromatic carbocycles. The van der Waals surface area contributed by atoms with Crippen molar-refractivity contribution >= 4 is 0 Å². The Balaban J connectivity index is 2.09. The molecule has 2 atom stereocenters. The first-order chi connectivity index (χ1) is 7.59. The highest BCUT2D eigenvalue weighted by Crippen LogP contribution is 2.35. The Morgan fingerprint density at radius 2 is 2.00 bits per heavy atom. The Morgan fingerprint density at radius 3 is 2.44 bits per heavy atom. The van der Waals surface area contributed by atoms with Crippen molar-refractivity contribution in [3.8, 4) is 0 Å². The van der Waals surface area contributed by atoms with Crippen molar-refractivity contribution in [3.63, 3.8) is 0 Å². The van der Waals surface area contributed by atoms with Gasteiger partial charge in [-0.1, -0.05) is 12.8 Å². The molecule has 1 heterocycles. The van der Waals surface area contributed by atoms with E-state index >= 15 is 0 Å². The smallest absolute Gasteiger partial charge is 0.0473 e. The molecule has 0 aromatic heterocycles. The van der Waals surface area contributed by atoms with Gasteiger partial charge in [-0.3, -0.25) is 4.90 Å². The minimum absolute atomic E-state index is 0.239. The van der Waals surface area contributed by atoms with Gasteiger partial charge in [-0.2, -0.15) is 0 Å². The number of nitrogens with zero attached hydrogens (tertiary/aromatic N) is 2. The lowest BCUT2D eigenvalue weighted by atomic mass is 9.92. The Bertz CT molecular complexity index is 225. The molecule has 0 radical (unpaired) electrons. The van der Waals surface area contributed by atoms with Crippen LogP contribution in [0.1, 0.15) is 39.0 Å². The fourth-order valence-electron chi connectivity index (χ4n) is 3.62. The van der Waals surface area contributed by atoms with E-state index in [1.165, 1.54) is 32.1 Å². The van der Waals surface area contributed by atoms with Gasteiger partial charge in [0, 0.05) is 30.7 Å². The minimum Gasteiger partial charge on any atom is -0.329 e. The summed E-state index contributed by atoms with van der Waals surface area (Å²) in [4.78, 5) is 5.07. The summed E-state index contributed by atoms with van der Waals surface area (Å²) < 4.78 is 0. The topological polar surface area (TPSA) is 32.5 Å². The normalized spacial score (nSPS) is 37.7. The van der Waals surface area contributed by atoms with Gasteiger partial charge < -0.3 is 10.6 Å². The molecule has 16 heavy (non-hydrogen) atoms. The molecule has 1 aliphatic heterocycles. The van der Waals surface area contributed by atoms with Crippen LogP contribution >= 0.6 is 0 Å². The highest BCUT2D eigenvalue weighted by atomic mass is 15.3. The molecule has 94 valence electrons. The van der Waals surface area contributed by atoms with Crippen molar-refractivity contribution in [3.05, 3.63) is 0 Å². The summed E-state index contributed by atoms with van der Waals surface area (Å²) in [6.07, 6.45) is 6.78. The number of rotatable bonds is 3. The molecule has 3 nitrogen and oxygen atoms in total. The molecule has 3 heteroatoms. The van der Waals surface area contributed by atoms with E-state index in [0.717, 1.165) is 19.1 Å². The van der Waals surface area contributed by atoms with Crippen LogP contribution in [0.2, 0.25) is 0 Å². The molecule has 2 N–H and O–H groups in total. The second-order valence-corrected chi connectivity index (χ2v) is 5.95. The van der Waals surface area contributed by atoms with Crippen LogP contribution in [-0.2, 0) is 0 Å². The average Bonchev–Trinajstić information content (AvgIpc) is 2.87. The van der Waals surface area contributed by atoms with Crippen LogP contribution < -0.4 is 5.73 Å². The first-order valence-corrected chi connectivity index (χ1v) is 6.72. The van der Waals surface area contributed by atoms with Crippen molar-refractivity contribution in [2.24, 2.45) is 5.73 Å². The van der Waals surface area contributed by atoms with Crippen LogP contribution in [0.4, 0.5) is 0 Å². The van der Waals surface area contributed by atoms with Crippen molar-refractivity contribution in [1.29, 1.82) is 0 Å². The van der Waals surface area contributed by atoms with Gasteiger partial charge in [0.2, 0.25) is 0 Å².